The number of anilines is 1. The number of nitrogens with zero attached hydrogens (tertiary/aromatic N) is 1. The van der Waals surface area contributed by atoms with E-state index in [1.165, 1.54) is 22.3 Å². The maximum absolute atomic E-state index is 13.7. The quantitative estimate of drug-likeness (QED) is 0.551. The summed E-state index contributed by atoms with van der Waals surface area (Å²) >= 11 is 1.20. The Hall–Kier alpha value is -2.78. The van der Waals surface area contributed by atoms with Gasteiger partial charge in [-0.05, 0) is 36.3 Å². The molecule has 1 aromatic carbocycles. The number of hydroxylamine groups is 1. The molecule has 9 heteroatoms. The molecule has 2 heterocycles. The highest BCUT2D eigenvalue weighted by Gasteiger charge is 2.28. The fourth-order valence-electron chi connectivity index (χ4n) is 2.69. The SMILES string of the molecule is C/C=C1/CN(C(=O)Nc2c(F)cccc2F)Cc2cc(C(=O)NO)sc21. The highest BCUT2D eigenvalue weighted by atomic mass is 32.1. The largest absolute Gasteiger partial charge is 0.322 e. The maximum Gasteiger partial charge on any atom is 0.322 e. The van der Waals surface area contributed by atoms with Gasteiger partial charge in [-0.25, -0.2) is 19.1 Å². The molecule has 1 aromatic heterocycles. The normalized spacial score (nSPS) is 14.9. The van der Waals surface area contributed by atoms with Gasteiger partial charge in [0.05, 0.1) is 4.88 Å². The molecule has 0 saturated heterocycles. The molecule has 3 N–H and O–H groups in total. The molecule has 0 spiro atoms. The number of rotatable bonds is 2. The van der Waals surface area contributed by atoms with E-state index in [9.17, 15) is 18.4 Å². The van der Waals surface area contributed by atoms with Crippen LogP contribution < -0.4 is 10.8 Å². The van der Waals surface area contributed by atoms with E-state index in [1.54, 1.807) is 24.5 Å². The molecule has 1 aliphatic rings. The molecule has 0 atom stereocenters. The van der Waals surface area contributed by atoms with Crippen LogP contribution in [0.3, 0.4) is 0 Å². The van der Waals surface area contributed by atoms with E-state index >= 15 is 0 Å². The molecule has 1 aliphatic heterocycles. The number of carbonyl (C=O) groups excluding carboxylic acids is 2. The summed E-state index contributed by atoms with van der Waals surface area (Å²) in [5, 5.41) is 11.0. The third kappa shape index (κ3) is 3.31. The molecule has 6 nitrogen and oxygen atoms in total. The van der Waals surface area contributed by atoms with Crippen molar-refractivity contribution in [2.75, 3.05) is 11.9 Å². The van der Waals surface area contributed by atoms with E-state index in [-0.39, 0.29) is 13.1 Å². The molecule has 3 amide bonds. The first-order valence-electron chi connectivity index (χ1n) is 7.67. The monoisotopic (exact) mass is 379 g/mol. The third-order valence-corrected chi connectivity index (χ3v) is 5.23. The smallest absolute Gasteiger partial charge is 0.316 e. The second-order valence-corrected chi connectivity index (χ2v) is 6.65. The summed E-state index contributed by atoms with van der Waals surface area (Å²) < 4.78 is 27.5. The van der Waals surface area contributed by atoms with Crippen LogP contribution in [-0.2, 0) is 6.54 Å². The van der Waals surface area contributed by atoms with Crippen LogP contribution in [0, 0.1) is 11.6 Å². The van der Waals surface area contributed by atoms with Crippen molar-refractivity contribution in [3.63, 3.8) is 0 Å². The molecular weight excluding hydrogens is 364 g/mol. The molecule has 0 fully saturated rings. The summed E-state index contributed by atoms with van der Waals surface area (Å²) in [5.41, 5.74) is 2.60. The van der Waals surface area contributed by atoms with Gasteiger partial charge in [-0.1, -0.05) is 12.1 Å². The summed E-state index contributed by atoms with van der Waals surface area (Å²) in [7, 11) is 0. The molecule has 0 bridgehead atoms. The maximum atomic E-state index is 13.7. The zero-order chi connectivity index (χ0) is 18.8. The van der Waals surface area contributed by atoms with Gasteiger partial charge in [0.25, 0.3) is 5.91 Å². The van der Waals surface area contributed by atoms with Crippen LogP contribution in [-0.4, -0.2) is 28.6 Å². The number of allylic oxidation sites excluding steroid dienone is 1. The number of amides is 3. The number of fused-ring (bicyclic) bond motifs is 1. The zero-order valence-electron chi connectivity index (χ0n) is 13.7. The Balaban J connectivity index is 1.85. The van der Waals surface area contributed by atoms with Gasteiger partial charge in [0, 0.05) is 18.0 Å². The molecule has 0 saturated carbocycles. The highest BCUT2D eigenvalue weighted by Crippen LogP contribution is 2.35. The Morgan fingerprint density at radius 3 is 2.58 bits per heavy atom. The number of carbonyl (C=O) groups is 2. The first kappa shape index (κ1) is 18.0. The van der Waals surface area contributed by atoms with Gasteiger partial charge in [0.2, 0.25) is 0 Å². The molecule has 0 unspecified atom stereocenters. The van der Waals surface area contributed by atoms with E-state index in [4.69, 9.17) is 5.21 Å². The van der Waals surface area contributed by atoms with Crippen molar-refractivity contribution >= 4 is 34.5 Å². The van der Waals surface area contributed by atoms with Gasteiger partial charge in [0.1, 0.15) is 17.3 Å². The van der Waals surface area contributed by atoms with Crippen LogP contribution in [0.5, 0.6) is 0 Å². The summed E-state index contributed by atoms with van der Waals surface area (Å²) in [6, 6.07) is 4.26. The van der Waals surface area contributed by atoms with Crippen LogP contribution in [0.25, 0.3) is 5.57 Å². The van der Waals surface area contributed by atoms with Crippen LogP contribution in [0.4, 0.5) is 19.3 Å². The van der Waals surface area contributed by atoms with Crippen molar-refractivity contribution in [1.29, 1.82) is 0 Å². The standard InChI is InChI=1S/C17H15F2N3O3S/c1-2-9-7-22(8-10-6-13(16(23)21-25)26-15(9)10)17(24)20-14-11(18)4-3-5-12(14)19/h2-6,25H,7-8H2,1H3,(H,20,24)(H,21,23)/b9-2-. The minimum absolute atomic E-state index is 0.170. The van der Waals surface area contributed by atoms with Crippen LogP contribution >= 0.6 is 11.3 Å². The van der Waals surface area contributed by atoms with Gasteiger partial charge in [-0.3, -0.25) is 10.0 Å². The molecule has 0 radical (unpaired) electrons. The van der Waals surface area contributed by atoms with Crippen molar-refractivity contribution in [2.45, 2.75) is 13.5 Å². The Morgan fingerprint density at radius 1 is 1.27 bits per heavy atom. The Morgan fingerprint density at radius 2 is 1.96 bits per heavy atom. The van der Waals surface area contributed by atoms with E-state index < -0.39 is 29.3 Å². The number of hydrogen-bond donors (Lipinski definition) is 3. The molecule has 0 aliphatic carbocycles. The molecule has 26 heavy (non-hydrogen) atoms. The lowest BCUT2D eigenvalue weighted by molar-refractivity contribution is 0.0711. The predicted molar refractivity (Wildman–Crippen MR) is 93.0 cm³/mol. The molecular formula is C17H15F2N3O3S. The van der Waals surface area contributed by atoms with Gasteiger partial charge < -0.3 is 10.2 Å². The minimum Gasteiger partial charge on any atom is -0.316 e. The van der Waals surface area contributed by atoms with Gasteiger partial charge in [0.15, 0.2) is 0 Å². The van der Waals surface area contributed by atoms with Crippen molar-refractivity contribution in [3.05, 3.63) is 57.3 Å². The van der Waals surface area contributed by atoms with Crippen LogP contribution in [0.1, 0.15) is 27.0 Å². The van der Waals surface area contributed by atoms with Gasteiger partial charge in [-0.2, -0.15) is 0 Å². The van der Waals surface area contributed by atoms with Gasteiger partial charge in [-0.15, -0.1) is 11.3 Å². The number of thiophene rings is 1. The highest BCUT2D eigenvalue weighted by molar-refractivity contribution is 7.15. The van der Waals surface area contributed by atoms with Crippen LogP contribution in [0.15, 0.2) is 30.3 Å². The van der Waals surface area contributed by atoms with Gasteiger partial charge >= 0.3 is 6.03 Å². The number of nitrogens with one attached hydrogen (secondary N) is 2. The third-order valence-electron chi connectivity index (χ3n) is 3.98. The van der Waals surface area contributed by atoms with Crippen LogP contribution in [0.2, 0.25) is 0 Å². The van der Waals surface area contributed by atoms with E-state index in [2.05, 4.69) is 5.32 Å². The second-order valence-electron chi connectivity index (χ2n) is 5.60. The number of halogens is 2. The number of benzene rings is 1. The Bertz CT molecular complexity index is 890. The van der Waals surface area contributed by atoms with Crippen molar-refractivity contribution in [3.8, 4) is 0 Å². The fourth-order valence-corrected chi connectivity index (χ4v) is 3.82. The van der Waals surface area contributed by atoms with Crippen molar-refractivity contribution in [1.82, 2.24) is 10.4 Å². The average Bonchev–Trinajstić information content (AvgIpc) is 3.07. The summed E-state index contributed by atoms with van der Waals surface area (Å²) in [5.74, 6) is -2.36. The fraction of sp³-hybridized carbons (Fsp3) is 0.176. The van der Waals surface area contributed by atoms with Crippen molar-refractivity contribution < 1.29 is 23.6 Å². The average molecular weight is 379 g/mol. The van der Waals surface area contributed by atoms with E-state index in [1.807, 2.05) is 0 Å². The second kappa shape index (κ2) is 7.22. The topological polar surface area (TPSA) is 81.7 Å². The number of urea groups is 1. The molecule has 3 rings (SSSR count). The number of para-hydroxylation sites is 1. The summed E-state index contributed by atoms with van der Waals surface area (Å²) in [6.07, 6.45) is 1.80. The summed E-state index contributed by atoms with van der Waals surface area (Å²) in [4.78, 5) is 26.6. The zero-order valence-corrected chi connectivity index (χ0v) is 14.5. The molecule has 2 aromatic rings. The predicted octanol–water partition coefficient (Wildman–Crippen LogP) is 3.60. The first-order valence-corrected chi connectivity index (χ1v) is 8.49. The minimum atomic E-state index is -0.861. The lowest BCUT2D eigenvalue weighted by Crippen LogP contribution is -2.38. The van der Waals surface area contributed by atoms with E-state index in [0.717, 1.165) is 28.1 Å². The lowest BCUT2D eigenvalue weighted by atomic mass is 10.0. The number of hydrogen-bond acceptors (Lipinski definition) is 4. The van der Waals surface area contributed by atoms with Crippen molar-refractivity contribution in [2.24, 2.45) is 0 Å². The summed E-state index contributed by atoms with van der Waals surface area (Å²) in [6.45, 7) is 2.19. The Labute approximate surface area is 151 Å². The van der Waals surface area contributed by atoms with E-state index in [0.29, 0.717) is 4.88 Å². The first-order chi connectivity index (χ1) is 12.4. The lowest BCUT2D eigenvalue weighted by Gasteiger charge is -2.29. The Kier molecular flexibility index (Phi) is 5.01. The molecule has 136 valence electrons.